The summed E-state index contributed by atoms with van der Waals surface area (Å²) in [5.41, 5.74) is 3.00. The van der Waals surface area contributed by atoms with Crippen molar-refractivity contribution < 1.29 is 4.42 Å². The molecule has 0 radical (unpaired) electrons. The summed E-state index contributed by atoms with van der Waals surface area (Å²) in [4.78, 5) is 10.0. The van der Waals surface area contributed by atoms with Gasteiger partial charge in [-0.3, -0.25) is 4.99 Å². The molecule has 0 atom stereocenters. The van der Waals surface area contributed by atoms with Gasteiger partial charge in [-0.25, -0.2) is 4.98 Å². The van der Waals surface area contributed by atoms with Crippen molar-refractivity contribution in [2.45, 2.75) is 18.0 Å². The molecule has 0 aliphatic rings. The van der Waals surface area contributed by atoms with Gasteiger partial charge in [0.2, 0.25) is 5.89 Å². The van der Waals surface area contributed by atoms with Crippen molar-refractivity contribution in [3.05, 3.63) is 72.1 Å². The molecule has 0 amide bonds. The minimum absolute atomic E-state index is 0. The van der Waals surface area contributed by atoms with Crippen molar-refractivity contribution in [3.63, 3.8) is 0 Å². The van der Waals surface area contributed by atoms with Crippen LogP contribution in [0.4, 0.5) is 0 Å². The Morgan fingerprint density at radius 3 is 2.41 bits per heavy atom. The van der Waals surface area contributed by atoms with Crippen molar-refractivity contribution >= 4 is 41.7 Å². The molecular formula is C20H23IN4OS. The van der Waals surface area contributed by atoms with Crippen molar-refractivity contribution in [2.75, 3.05) is 13.3 Å². The van der Waals surface area contributed by atoms with Gasteiger partial charge in [-0.05, 0) is 36.1 Å². The smallest absolute Gasteiger partial charge is 0.226 e. The largest absolute Gasteiger partial charge is 0.444 e. The molecule has 0 saturated carbocycles. The number of hydrogen-bond acceptors (Lipinski definition) is 4. The second-order valence-corrected chi connectivity index (χ2v) is 6.52. The SMILES string of the molecule is CN=C(NCc1ccc(SC)cc1)NCc1coc(-c2ccccc2)n1.I. The van der Waals surface area contributed by atoms with Crippen LogP contribution in [-0.2, 0) is 13.1 Å². The van der Waals surface area contributed by atoms with Gasteiger partial charge in [-0.15, -0.1) is 35.7 Å². The lowest BCUT2D eigenvalue weighted by Gasteiger charge is -2.11. The number of aliphatic imine (C=N–C) groups is 1. The van der Waals surface area contributed by atoms with Crippen LogP contribution in [0.1, 0.15) is 11.3 Å². The van der Waals surface area contributed by atoms with Gasteiger partial charge in [-0.2, -0.15) is 0 Å². The van der Waals surface area contributed by atoms with E-state index in [-0.39, 0.29) is 24.0 Å². The third-order valence-electron chi connectivity index (χ3n) is 3.85. The van der Waals surface area contributed by atoms with Gasteiger partial charge in [0, 0.05) is 24.1 Å². The van der Waals surface area contributed by atoms with E-state index in [0.29, 0.717) is 19.0 Å². The molecule has 5 nitrogen and oxygen atoms in total. The van der Waals surface area contributed by atoms with Crippen LogP contribution in [0.15, 0.2) is 75.2 Å². The summed E-state index contributed by atoms with van der Waals surface area (Å²) in [7, 11) is 1.75. The molecule has 0 aliphatic carbocycles. The lowest BCUT2D eigenvalue weighted by atomic mass is 10.2. The number of guanidine groups is 1. The molecule has 0 aliphatic heterocycles. The van der Waals surface area contributed by atoms with E-state index in [4.69, 9.17) is 4.42 Å². The van der Waals surface area contributed by atoms with Crippen LogP contribution < -0.4 is 10.6 Å². The number of rotatable bonds is 6. The van der Waals surface area contributed by atoms with E-state index >= 15 is 0 Å². The molecule has 3 aromatic rings. The molecule has 0 bridgehead atoms. The number of thioether (sulfide) groups is 1. The van der Waals surface area contributed by atoms with E-state index < -0.39 is 0 Å². The third kappa shape index (κ3) is 6.28. The zero-order valence-electron chi connectivity index (χ0n) is 15.3. The second kappa shape index (κ2) is 11.0. The third-order valence-corrected chi connectivity index (χ3v) is 4.60. The van der Waals surface area contributed by atoms with Crippen LogP contribution in [0.5, 0.6) is 0 Å². The maximum absolute atomic E-state index is 5.55. The van der Waals surface area contributed by atoms with E-state index in [2.05, 4.69) is 51.1 Å². The molecule has 0 saturated heterocycles. The quantitative estimate of drug-likeness (QED) is 0.228. The molecule has 1 heterocycles. The summed E-state index contributed by atoms with van der Waals surface area (Å²) < 4.78 is 5.55. The van der Waals surface area contributed by atoms with E-state index in [1.807, 2.05) is 30.3 Å². The average molecular weight is 494 g/mol. The highest BCUT2D eigenvalue weighted by Gasteiger charge is 2.07. The minimum Gasteiger partial charge on any atom is -0.444 e. The maximum atomic E-state index is 5.55. The first-order valence-corrected chi connectivity index (χ1v) is 9.58. The molecule has 142 valence electrons. The van der Waals surface area contributed by atoms with Crippen molar-refractivity contribution in [3.8, 4) is 11.5 Å². The fraction of sp³-hybridized carbons (Fsp3) is 0.200. The number of nitrogens with zero attached hydrogens (tertiary/aromatic N) is 2. The van der Waals surface area contributed by atoms with Crippen LogP contribution >= 0.6 is 35.7 Å². The van der Waals surface area contributed by atoms with Crippen molar-refractivity contribution in [1.29, 1.82) is 0 Å². The fourth-order valence-corrected chi connectivity index (χ4v) is 2.83. The molecule has 2 aromatic carbocycles. The number of nitrogens with one attached hydrogen (secondary N) is 2. The van der Waals surface area contributed by atoms with Gasteiger partial charge in [0.1, 0.15) is 6.26 Å². The standard InChI is InChI=1S/C20H22N4OS.HI/c1-21-20(22-12-15-8-10-18(26-2)11-9-15)23-13-17-14-25-19(24-17)16-6-4-3-5-7-16;/h3-11,14H,12-13H2,1-2H3,(H2,21,22,23);1H. The predicted molar refractivity (Wildman–Crippen MR) is 123 cm³/mol. The summed E-state index contributed by atoms with van der Waals surface area (Å²) in [5, 5.41) is 6.56. The molecule has 0 spiro atoms. The molecule has 2 N–H and O–H groups in total. The highest BCUT2D eigenvalue weighted by Crippen LogP contribution is 2.17. The van der Waals surface area contributed by atoms with Crippen molar-refractivity contribution in [1.82, 2.24) is 15.6 Å². The molecule has 27 heavy (non-hydrogen) atoms. The van der Waals surface area contributed by atoms with Crippen LogP contribution in [0.3, 0.4) is 0 Å². The number of benzene rings is 2. The Hall–Kier alpha value is -2.00. The topological polar surface area (TPSA) is 62.5 Å². The summed E-state index contributed by atoms with van der Waals surface area (Å²) in [6.45, 7) is 1.25. The van der Waals surface area contributed by atoms with Gasteiger partial charge >= 0.3 is 0 Å². The summed E-state index contributed by atoms with van der Waals surface area (Å²) in [5.74, 6) is 1.35. The van der Waals surface area contributed by atoms with Crippen LogP contribution in [0, 0.1) is 0 Å². The van der Waals surface area contributed by atoms with Crippen molar-refractivity contribution in [2.24, 2.45) is 4.99 Å². The first kappa shape index (κ1) is 21.3. The Labute approximate surface area is 181 Å². The normalized spacial score (nSPS) is 11.0. The Bertz CT molecular complexity index is 850. The number of oxazole rings is 1. The Kier molecular flexibility index (Phi) is 8.66. The van der Waals surface area contributed by atoms with E-state index in [1.165, 1.54) is 10.5 Å². The maximum Gasteiger partial charge on any atom is 0.226 e. The van der Waals surface area contributed by atoms with Crippen LogP contribution in [-0.4, -0.2) is 24.2 Å². The highest BCUT2D eigenvalue weighted by atomic mass is 127. The minimum atomic E-state index is 0. The molecule has 0 unspecified atom stereocenters. The first-order valence-electron chi connectivity index (χ1n) is 8.36. The van der Waals surface area contributed by atoms with Crippen LogP contribution in [0.2, 0.25) is 0 Å². The Morgan fingerprint density at radius 1 is 1.04 bits per heavy atom. The summed E-state index contributed by atoms with van der Waals surface area (Å²) in [6, 6.07) is 18.4. The first-order chi connectivity index (χ1) is 12.8. The monoisotopic (exact) mass is 494 g/mol. The molecular weight excluding hydrogens is 471 g/mol. The van der Waals surface area contributed by atoms with Gasteiger partial charge in [0.25, 0.3) is 0 Å². The van der Waals surface area contributed by atoms with Crippen LogP contribution in [0.25, 0.3) is 11.5 Å². The molecule has 0 fully saturated rings. The Morgan fingerprint density at radius 2 is 1.74 bits per heavy atom. The summed E-state index contributed by atoms with van der Waals surface area (Å²) >= 11 is 1.74. The predicted octanol–water partition coefficient (Wildman–Crippen LogP) is 4.55. The van der Waals surface area contributed by atoms with E-state index in [9.17, 15) is 0 Å². The zero-order valence-corrected chi connectivity index (χ0v) is 18.5. The van der Waals surface area contributed by atoms with Gasteiger partial charge in [0.05, 0.1) is 12.2 Å². The fourth-order valence-electron chi connectivity index (χ4n) is 2.43. The molecule has 1 aromatic heterocycles. The van der Waals surface area contributed by atoms with E-state index in [1.54, 1.807) is 25.1 Å². The lowest BCUT2D eigenvalue weighted by molar-refractivity contribution is 0.572. The average Bonchev–Trinajstić information content (AvgIpc) is 3.18. The molecule has 7 heteroatoms. The Balaban J connectivity index is 0.00000261. The van der Waals surface area contributed by atoms with Gasteiger partial charge < -0.3 is 15.1 Å². The summed E-state index contributed by atoms with van der Waals surface area (Å²) in [6.07, 6.45) is 3.75. The van der Waals surface area contributed by atoms with E-state index in [0.717, 1.165) is 17.2 Å². The van der Waals surface area contributed by atoms with Gasteiger partial charge in [0.15, 0.2) is 5.96 Å². The second-order valence-electron chi connectivity index (χ2n) is 5.64. The molecule has 3 rings (SSSR count). The number of hydrogen-bond donors (Lipinski definition) is 2. The highest BCUT2D eigenvalue weighted by molar-refractivity contribution is 14.0. The van der Waals surface area contributed by atoms with Gasteiger partial charge in [-0.1, -0.05) is 30.3 Å². The zero-order chi connectivity index (χ0) is 18.2. The number of aromatic nitrogens is 1. The number of halogens is 1. The lowest BCUT2D eigenvalue weighted by Crippen LogP contribution is -2.36.